The molecule has 0 aliphatic heterocycles. The van der Waals surface area contributed by atoms with E-state index in [1.807, 2.05) is 13.8 Å². The van der Waals surface area contributed by atoms with Crippen molar-refractivity contribution in [1.29, 1.82) is 0 Å². The van der Waals surface area contributed by atoms with Gasteiger partial charge in [0.15, 0.2) is 11.6 Å². The van der Waals surface area contributed by atoms with E-state index in [4.69, 9.17) is 0 Å². The predicted octanol–water partition coefficient (Wildman–Crippen LogP) is 3.59. The molecule has 2 N–H and O–H groups in total. The van der Waals surface area contributed by atoms with E-state index >= 15 is 0 Å². The standard InChI is InChI=1S/C23H34N2O2/c1-11(25-13(3)19-17(27)9-15-21(19)23(15,6)7)10-24-12(2)18-16(26)8-14-20(18)22(14,4)5/h11,14-15,20-21,24-25H,8-10H2,1-7H3. The van der Waals surface area contributed by atoms with Gasteiger partial charge in [-0.05, 0) is 55.3 Å². The summed E-state index contributed by atoms with van der Waals surface area (Å²) in [7, 11) is 0. The summed E-state index contributed by atoms with van der Waals surface area (Å²) in [6.07, 6.45) is 1.43. The van der Waals surface area contributed by atoms with Gasteiger partial charge in [0.25, 0.3) is 0 Å². The van der Waals surface area contributed by atoms with Gasteiger partial charge in [-0.3, -0.25) is 9.59 Å². The maximum Gasteiger partial charge on any atom is 0.161 e. The smallest absolute Gasteiger partial charge is 0.161 e. The summed E-state index contributed by atoms with van der Waals surface area (Å²) in [6.45, 7) is 16.0. The van der Waals surface area contributed by atoms with Gasteiger partial charge in [0.05, 0.1) is 0 Å². The number of fused-ring (bicyclic) bond motifs is 2. The van der Waals surface area contributed by atoms with Crippen molar-refractivity contribution < 1.29 is 9.59 Å². The van der Waals surface area contributed by atoms with E-state index < -0.39 is 0 Å². The molecule has 27 heavy (non-hydrogen) atoms. The lowest BCUT2D eigenvalue weighted by Gasteiger charge is -2.21. The van der Waals surface area contributed by atoms with Crippen molar-refractivity contribution in [3.05, 3.63) is 22.5 Å². The first kappa shape index (κ1) is 18.8. The molecule has 0 heterocycles. The Balaban J connectivity index is 1.39. The number of hydrogen-bond acceptors (Lipinski definition) is 4. The third kappa shape index (κ3) is 2.70. The first-order valence-electron chi connectivity index (χ1n) is 10.5. The molecule has 0 spiro atoms. The Morgan fingerprint density at radius 1 is 0.926 bits per heavy atom. The Morgan fingerprint density at radius 3 is 1.81 bits per heavy atom. The molecule has 4 rings (SSSR count). The molecule has 0 bridgehead atoms. The van der Waals surface area contributed by atoms with Crippen LogP contribution in [0.1, 0.15) is 61.3 Å². The maximum absolute atomic E-state index is 12.3. The zero-order valence-electron chi connectivity index (χ0n) is 17.8. The third-order valence-electron chi connectivity index (χ3n) is 8.08. The Bertz CT molecular complexity index is 786. The molecule has 5 unspecified atom stereocenters. The summed E-state index contributed by atoms with van der Waals surface area (Å²) in [6, 6.07) is 0.196. The van der Waals surface area contributed by atoms with Crippen LogP contribution in [0.3, 0.4) is 0 Å². The molecule has 4 saturated carbocycles. The van der Waals surface area contributed by atoms with Crippen LogP contribution >= 0.6 is 0 Å². The number of rotatable bonds is 5. The molecule has 0 saturated heterocycles. The fourth-order valence-corrected chi connectivity index (χ4v) is 6.15. The zero-order valence-corrected chi connectivity index (χ0v) is 17.8. The summed E-state index contributed by atoms with van der Waals surface area (Å²) in [5.41, 5.74) is 4.70. The van der Waals surface area contributed by atoms with Crippen LogP contribution in [0.2, 0.25) is 0 Å². The van der Waals surface area contributed by atoms with Crippen LogP contribution in [0.4, 0.5) is 0 Å². The quantitative estimate of drug-likeness (QED) is 0.726. The average Bonchev–Trinajstić information content (AvgIpc) is 3.08. The highest BCUT2D eigenvalue weighted by molar-refractivity contribution is 6.01. The highest BCUT2D eigenvalue weighted by Gasteiger charge is 2.66. The second-order valence-electron chi connectivity index (χ2n) is 10.6. The number of carbonyl (C=O) groups excluding carboxylic acids is 2. The Morgan fingerprint density at radius 2 is 1.37 bits per heavy atom. The average molecular weight is 371 g/mol. The number of carbonyl (C=O) groups is 2. The minimum absolute atomic E-state index is 0.196. The lowest BCUT2D eigenvalue weighted by atomic mass is 9.95. The van der Waals surface area contributed by atoms with E-state index in [1.165, 1.54) is 0 Å². The SMILES string of the molecule is CC(NCC(C)NC(C)=C1C(=O)CC2C1C2(C)C)=C1C(=O)CC2C1C2(C)C. The van der Waals surface area contributed by atoms with Gasteiger partial charge in [0.2, 0.25) is 0 Å². The molecule has 4 nitrogen and oxygen atoms in total. The van der Waals surface area contributed by atoms with Crippen molar-refractivity contribution in [2.24, 2.45) is 34.5 Å². The molecular weight excluding hydrogens is 336 g/mol. The van der Waals surface area contributed by atoms with E-state index in [-0.39, 0.29) is 16.9 Å². The van der Waals surface area contributed by atoms with Gasteiger partial charge >= 0.3 is 0 Å². The first-order valence-corrected chi connectivity index (χ1v) is 10.5. The second kappa shape index (κ2) is 5.71. The summed E-state index contributed by atoms with van der Waals surface area (Å²) in [4.78, 5) is 24.7. The van der Waals surface area contributed by atoms with E-state index in [9.17, 15) is 9.59 Å². The van der Waals surface area contributed by atoms with Gasteiger partial charge in [-0.25, -0.2) is 0 Å². The van der Waals surface area contributed by atoms with Gasteiger partial charge < -0.3 is 10.6 Å². The highest BCUT2D eigenvalue weighted by Crippen LogP contribution is 2.68. The molecule has 0 aromatic rings. The van der Waals surface area contributed by atoms with Gasteiger partial charge in [-0.1, -0.05) is 27.7 Å². The summed E-state index contributed by atoms with van der Waals surface area (Å²) in [5.74, 6) is 2.61. The van der Waals surface area contributed by atoms with Gasteiger partial charge in [0.1, 0.15) is 0 Å². The van der Waals surface area contributed by atoms with Crippen LogP contribution in [-0.2, 0) is 9.59 Å². The van der Waals surface area contributed by atoms with E-state index in [1.54, 1.807) is 0 Å². The molecule has 4 aliphatic carbocycles. The van der Waals surface area contributed by atoms with E-state index in [2.05, 4.69) is 45.3 Å². The van der Waals surface area contributed by atoms with Crippen LogP contribution < -0.4 is 10.6 Å². The second-order valence-corrected chi connectivity index (χ2v) is 10.6. The monoisotopic (exact) mass is 370 g/mol. The summed E-state index contributed by atoms with van der Waals surface area (Å²) < 4.78 is 0. The fourth-order valence-electron chi connectivity index (χ4n) is 6.15. The number of nitrogens with one attached hydrogen (secondary N) is 2. The summed E-state index contributed by atoms with van der Waals surface area (Å²) in [5, 5.41) is 7.01. The third-order valence-corrected chi connectivity index (χ3v) is 8.08. The summed E-state index contributed by atoms with van der Waals surface area (Å²) >= 11 is 0. The molecule has 0 aromatic heterocycles. The largest absolute Gasteiger partial charge is 0.386 e. The zero-order chi connectivity index (χ0) is 19.9. The number of allylic oxidation sites excluding steroid dienone is 4. The van der Waals surface area contributed by atoms with Crippen molar-refractivity contribution in [2.75, 3.05) is 6.54 Å². The fraction of sp³-hybridized carbons (Fsp3) is 0.739. The molecular formula is C23H34N2O2. The van der Waals surface area contributed by atoms with Crippen LogP contribution in [-0.4, -0.2) is 24.2 Å². The van der Waals surface area contributed by atoms with E-state index in [0.717, 1.165) is 29.1 Å². The van der Waals surface area contributed by atoms with Crippen molar-refractivity contribution in [3.63, 3.8) is 0 Å². The van der Waals surface area contributed by atoms with Crippen LogP contribution in [0, 0.1) is 34.5 Å². The number of Topliss-reactive ketones (excluding diaryl/α,β-unsaturated/α-hetero) is 2. The van der Waals surface area contributed by atoms with Crippen LogP contribution in [0.25, 0.3) is 0 Å². The van der Waals surface area contributed by atoms with E-state index in [0.29, 0.717) is 48.1 Å². The molecule has 0 radical (unpaired) electrons. The lowest BCUT2D eigenvalue weighted by molar-refractivity contribution is -0.116. The van der Waals surface area contributed by atoms with Gasteiger partial charge in [0, 0.05) is 48.0 Å². The predicted molar refractivity (Wildman–Crippen MR) is 107 cm³/mol. The minimum atomic E-state index is 0.196. The number of ketones is 2. The molecule has 148 valence electrons. The van der Waals surface area contributed by atoms with Crippen molar-refractivity contribution in [3.8, 4) is 0 Å². The van der Waals surface area contributed by atoms with Gasteiger partial charge in [-0.15, -0.1) is 0 Å². The number of hydrogen-bond donors (Lipinski definition) is 2. The Kier molecular flexibility index (Phi) is 3.97. The molecule has 4 heteroatoms. The lowest BCUT2D eigenvalue weighted by Crippen LogP contribution is -2.36. The minimum Gasteiger partial charge on any atom is -0.386 e. The maximum atomic E-state index is 12.3. The van der Waals surface area contributed by atoms with Crippen molar-refractivity contribution in [2.45, 2.75) is 67.3 Å². The van der Waals surface area contributed by atoms with Crippen molar-refractivity contribution in [1.82, 2.24) is 10.6 Å². The molecule has 0 aromatic carbocycles. The Labute approximate surface area is 163 Å². The normalized spacial score (nSPS) is 39.5. The topological polar surface area (TPSA) is 58.2 Å². The van der Waals surface area contributed by atoms with Crippen LogP contribution in [0.15, 0.2) is 22.5 Å². The molecule has 4 aliphatic rings. The Hall–Kier alpha value is -1.58. The molecule has 0 amide bonds. The van der Waals surface area contributed by atoms with Crippen LogP contribution in [0.5, 0.6) is 0 Å². The molecule has 4 fully saturated rings. The van der Waals surface area contributed by atoms with Crippen molar-refractivity contribution >= 4 is 11.6 Å². The highest BCUT2D eigenvalue weighted by atomic mass is 16.1. The van der Waals surface area contributed by atoms with Gasteiger partial charge in [-0.2, -0.15) is 0 Å². The first-order chi connectivity index (χ1) is 12.5. The molecule has 5 atom stereocenters.